The van der Waals surface area contributed by atoms with Crippen LogP contribution in [-0.4, -0.2) is 16.5 Å². The second-order valence-corrected chi connectivity index (χ2v) is 5.38. The van der Waals surface area contributed by atoms with Crippen molar-refractivity contribution in [2.45, 2.75) is 20.3 Å². The van der Waals surface area contributed by atoms with E-state index < -0.39 is 0 Å². The van der Waals surface area contributed by atoms with Crippen LogP contribution in [0.1, 0.15) is 18.9 Å². The Morgan fingerprint density at radius 3 is 2.88 bits per heavy atom. The summed E-state index contributed by atoms with van der Waals surface area (Å²) in [5.41, 5.74) is 3.22. The molecule has 17 heavy (non-hydrogen) atoms. The second-order valence-electron chi connectivity index (χ2n) is 3.79. The van der Waals surface area contributed by atoms with Crippen LogP contribution in [0, 0.1) is 6.92 Å². The van der Waals surface area contributed by atoms with Crippen LogP contribution in [0.3, 0.4) is 0 Å². The Morgan fingerprint density at radius 2 is 2.24 bits per heavy atom. The molecule has 0 bridgehead atoms. The third-order valence-corrected chi connectivity index (χ3v) is 4.08. The van der Waals surface area contributed by atoms with Crippen molar-refractivity contribution in [3.63, 3.8) is 0 Å². The van der Waals surface area contributed by atoms with E-state index in [2.05, 4.69) is 48.9 Å². The van der Waals surface area contributed by atoms with Crippen molar-refractivity contribution in [1.29, 1.82) is 0 Å². The molecule has 0 saturated carbocycles. The Morgan fingerprint density at radius 1 is 1.41 bits per heavy atom. The molecule has 0 saturated heterocycles. The van der Waals surface area contributed by atoms with Crippen LogP contribution >= 0.6 is 27.3 Å². The summed E-state index contributed by atoms with van der Waals surface area (Å²) in [6.45, 7) is 5.05. The van der Waals surface area contributed by atoms with Gasteiger partial charge in [0, 0.05) is 33.5 Å². The standard InChI is InChI=1S/C12H14BrN3S/c1-3-4-14-12-15-5-8(2)11(16-12)9-6-17-7-10(9)13/h5-7H,3-4H2,1-2H3,(H,14,15,16). The first-order valence-corrected chi connectivity index (χ1v) is 7.25. The van der Waals surface area contributed by atoms with Gasteiger partial charge in [-0.15, -0.1) is 0 Å². The van der Waals surface area contributed by atoms with Crippen LogP contribution in [0.4, 0.5) is 5.95 Å². The van der Waals surface area contributed by atoms with Crippen molar-refractivity contribution < 1.29 is 0 Å². The van der Waals surface area contributed by atoms with E-state index in [1.54, 1.807) is 11.3 Å². The van der Waals surface area contributed by atoms with Crippen molar-refractivity contribution in [2.75, 3.05) is 11.9 Å². The molecular weight excluding hydrogens is 298 g/mol. The maximum Gasteiger partial charge on any atom is 0.223 e. The molecule has 90 valence electrons. The molecule has 0 radical (unpaired) electrons. The van der Waals surface area contributed by atoms with Crippen molar-refractivity contribution in [2.24, 2.45) is 0 Å². The predicted octanol–water partition coefficient (Wildman–Crippen LogP) is 4.10. The fourth-order valence-electron chi connectivity index (χ4n) is 1.49. The summed E-state index contributed by atoms with van der Waals surface area (Å²) in [5.74, 6) is 0.700. The van der Waals surface area contributed by atoms with Crippen LogP contribution in [0.25, 0.3) is 11.3 Å². The quantitative estimate of drug-likeness (QED) is 0.923. The molecule has 0 aliphatic rings. The molecule has 0 fully saturated rings. The SMILES string of the molecule is CCCNc1ncc(C)c(-c2cscc2Br)n1. The minimum absolute atomic E-state index is 0.700. The fraction of sp³-hybridized carbons (Fsp3) is 0.333. The summed E-state index contributed by atoms with van der Waals surface area (Å²) in [5, 5.41) is 7.37. The number of thiophene rings is 1. The van der Waals surface area contributed by atoms with Gasteiger partial charge in [0.15, 0.2) is 0 Å². The average molecular weight is 312 g/mol. The summed E-state index contributed by atoms with van der Waals surface area (Å²) in [6.07, 6.45) is 2.93. The highest BCUT2D eigenvalue weighted by atomic mass is 79.9. The van der Waals surface area contributed by atoms with E-state index in [0.717, 1.165) is 34.3 Å². The van der Waals surface area contributed by atoms with Crippen molar-refractivity contribution in [3.05, 3.63) is 27.0 Å². The molecule has 2 heterocycles. The predicted molar refractivity (Wildman–Crippen MR) is 76.6 cm³/mol. The molecule has 0 aliphatic carbocycles. The third-order valence-electron chi connectivity index (χ3n) is 2.37. The van der Waals surface area contributed by atoms with E-state index in [1.165, 1.54) is 0 Å². The highest BCUT2D eigenvalue weighted by Gasteiger charge is 2.10. The number of aromatic nitrogens is 2. The Balaban J connectivity index is 2.36. The lowest BCUT2D eigenvalue weighted by molar-refractivity contribution is 0.951. The Hall–Kier alpha value is -0.940. The zero-order valence-corrected chi connectivity index (χ0v) is 12.2. The normalized spacial score (nSPS) is 10.5. The van der Waals surface area contributed by atoms with Crippen LogP contribution < -0.4 is 5.32 Å². The van der Waals surface area contributed by atoms with Crippen LogP contribution in [0.5, 0.6) is 0 Å². The van der Waals surface area contributed by atoms with Crippen molar-refractivity contribution in [1.82, 2.24) is 9.97 Å². The van der Waals surface area contributed by atoms with Gasteiger partial charge in [-0.2, -0.15) is 11.3 Å². The first-order chi connectivity index (χ1) is 8.22. The van der Waals surface area contributed by atoms with Gasteiger partial charge in [0.25, 0.3) is 0 Å². The Bertz CT molecular complexity index is 510. The van der Waals surface area contributed by atoms with Crippen LogP contribution in [-0.2, 0) is 0 Å². The van der Waals surface area contributed by atoms with Crippen molar-refractivity contribution in [3.8, 4) is 11.3 Å². The maximum atomic E-state index is 4.57. The molecule has 2 aromatic heterocycles. The van der Waals surface area contributed by atoms with E-state index in [1.807, 2.05) is 13.1 Å². The lowest BCUT2D eigenvalue weighted by Crippen LogP contribution is -2.05. The van der Waals surface area contributed by atoms with E-state index in [0.29, 0.717) is 5.95 Å². The van der Waals surface area contributed by atoms with Gasteiger partial charge in [0.2, 0.25) is 5.95 Å². The largest absolute Gasteiger partial charge is 0.354 e. The highest BCUT2D eigenvalue weighted by molar-refractivity contribution is 9.10. The number of hydrogen-bond acceptors (Lipinski definition) is 4. The zero-order chi connectivity index (χ0) is 12.3. The monoisotopic (exact) mass is 311 g/mol. The van der Waals surface area contributed by atoms with Gasteiger partial charge in [-0.3, -0.25) is 0 Å². The first-order valence-electron chi connectivity index (χ1n) is 5.52. The fourth-order valence-corrected chi connectivity index (χ4v) is 2.95. The number of rotatable bonds is 4. The van der Waals surface area contributed by atoms with Gasteiger partial charge in [0.1, 0.15) is 0 Å². The molecule has 0 aromatic carbocycles. The van der Waals surface area contributed by atoms with Gasteiger partial charge >= 0.3 is 0 Å². The maximum absolute atomic E-state index is 4.57. The summed E-state index contributed by atoms with van der Waals surface area (Å²) < 4.78 is 1.09. The first kappa shape index (κ1) is 12.5. The molecule has 5 heteroatoms. The van der Waals surface area contributed by atoms with Gasteiger partial charge in [-0.05, 0) is 34.8 Å². The zero-order valence-electron chi connectivity index (χ0n) is 9.83. The van der Waals surface area contributed by atoms with E-state index in [4.69, 9.17) is 0 Å². The molecule has 0 atom stereocenters. The number of nitrogens with zero attached hydrogens (tertiary/aromatic N) is 2. The summed E-state index contributed by atoms with van der Waals surface area (Å²) in [4.78, 5) is 8.85. The lowest BCUT2D eigenvalue weighted by atomic mass is 10.1. The van der Waals surface area contributed by atoms with E-state index in [-0.39, 0.29) is 0 Å². The lowest BCUT2D eigenvalue weighted by Gasteiger charge is -2.07. The Kier molecular flexibility index (Phi) is 4.12. The highest BCUT2D eigenvalue weighted by Crippen LogP contribution is 2.32. The van der Waals surface area contributed by atoms with Gasteiger partial charge in [0.05, 0.1) is 5.69 Å². The summed E-state index contributed by atoms with van der Waals surface area (Å²) in [6, 6.07) is 0. The Labute approximate surface area is 113 Å². The van der Waals surface area contributed by atoms with Crippen LogP contribution in [0.15, 0.2) is 21.4 Å². The molecule has 2 rings (SSSR count). The number of hydrogen-bond donors (Lipinski definition) is 1. The summed E-state index contributed by atoms with van der Waals surface area (Å²) >= 11 is 5.21. The van der Waals surface area contributed by atoms with Crippen molar-refractivity contribution >= 4 is 33.2 Å². The summed E-state index contributed by atoms with van der Waals surface area (Å²) in [7, 11) is 0. The minimum atomic E-state index is 0.700. The number of aryl methyl sites for hydroxylation is 1. The smallest absolute Gasteiger partial charge is 0.223 e. The average Bonchev–Trinajstić information content (AvgIpc) is 2.74. The van der Waals surface area contributed by atoms with Gasteiger partial charge < -0.3 is 5.32 Å². The molecule has 0 unspecified atom stereocenters. The number of nitrogens with one attached hydrogen (secondary N) is 1. The minimum Gasteiger partial charge on any atom is -0.354 e. The van der Waals surface area contributed by atoms with Crippen LogP contribution in [0.2, 0.25) is 0 Å². The molecule has 0 spiro atoms. The second kappa shape index (κ2) is 5.60. The topological polar surface area (TPSA) is 37.8 Å². The molecular formula is C12H14BrN3S. The molecule has 0 amide bonds. The molecule has 3 nitrogen and oxygen atoms in total. The van der Waals surface area contributed by atoms with Gasteiger partial charge in [-0.1, -0.05) is 6.92 Å². The number of halogens is 1. The molecule has 1 N–H and O–H groups in total. The number of anilines is 1. The van der Waals surface area contributed by atoms with E-state index >= 15 is 0 Å². The molecule has 2 aromatic rings. The van der Waals surface area contributed by atoms with E-state index in [9.17, 15) is 0 Å². The molecule has 0 aliphatic heterocycles. The third kappa shape index (κ3) is 2.84. The van der Waals surface area contributed by atoms with Gasteiger partial charge in [-0.25, -0.2) is 9.97 Å².